The zero-order chi connectivity index (χ0) is 23.2. The Morgan fingerprint density at radius 1 is 1.03 bits per heavy atom. The van der Waals surface area contributed by atoms with E-state index in [1.54, 1.807) is 31.5 Å². The molecule has 0 aliphatic carbocycles. The van der Waals surface area contributed by atoms with Gasteiger partial charge in [0.25, 0.3) is 11.5 Å². The van der Waals surface area contributed by atoms with Gasteiger partial charge in [0, 0.05) is 36.8 Å². The van der Waals surface area contributed by atoms with Crippen LogP contribution in [-0.4, -0.2) is 20.9 Å². The first-order valence-electron chi connectivity index (χ1n) is 10.6. The highest BCUT2D eigenvalue weighted by atomic mass is 19.1. The van der Waals surface area contributed by atoms with Crippen molar-refractivity contribution in [1.82, 2.24) is 20.3 Å². The lowest BCUT2D eigenvalue weighted by Gasteiger charge is -2.08. The van der Waals surface area contributed by atoms with E-state index in [0.29, 0.717) is 29.5 Å². The molecule has 0 radical (unpaired) electrons. The summed E-state index contributed by atoms with van der Waals surface area (Å²) in [7, 11) is 0. The van der Waals surface area contributed by atoms with Crippen LogP contribution in [0.2, 0.25) is 0 Å². The summed E-state index contributed by atoms with van der Waals surface area (Å²) in [6.07, 6.45) is 7.51. The van der Waals surface area contributed by atoms with Gasteiger partial charge in [-0.25, -0.2) is 4.39 Å². The molecule has 0 bridgehead atoms. The molecular formula is C26H23FN4O2. The first-order chi connectivity index (χ1) is 16.0. The molecule has 4 rings (SSSR count). The van der Waals surface area contributed by atoms with Crippen LogP contribution in [0, 0.1) is 12.7 Å². The fourth-order valence-corrected chi connectivity index (χ4v) is 3.52. The standard InChI is InChI=1S/C26H23FN4O2/c1-17-8-10-29-23(24(17)27)16-31-26(33)22-13-20(14-28-15-22)11-18-4-6-19(7-5-18)12-21-3-2-9-30-25(21)32/h2-10,13-15H,11-12,16H2,1H3,(H,30,32)(H,31,33). The van der Waals surface area contributed by atoms with Crippen LogP contribution < -0.4 is 10.9 Å². The number of carbonyl (C=O) groups excluding carboxylic acids is 1. The summed E-state index contributed by atoms with van der Waals surface area (Å²) in [6.45, 7) is 1.66. The summed E-state index contributed by atoms with van der Waals surface area (Å²) in [5.41, 5.74) is 4.71. The number of nitrogens with one attached hydrogen (secondary N) is 2. The van der Waals surface area contributed by atoms with E-state index in [1.165, 1.54) is 12.4 Å². The quantitative estimate of drug-likeness (QED) is 0.457. The van der Waals surface area contributed by atoms with E-state index in [-0.39, 0.29) is 23.7 Å². The van der Waals surface area contributed by atoms with E-state index in [9.17, 15) is 14.0 Å². The number of hydrogen-bond donors (Lipinski definition) is 2. The van der Waals surface area contributed by atoms with E-state index in [0.717, 1.165) is 16.7 Å². The van der Waals surface area contributed by atoms with Crippen LogP contribution in [0.1, 0.15) is 43.9 Å². The number of carbonyl (C=O) groups is 1. The molecule has 2 N–H and O–H groups in total. The molecule has 0 unspecified atom stereocenters. The molecule has 7 heteroatoms. The van der Waals surface area contributed by atoms with Crippen LogP contribution in [0.15, 0.2) is 78.1 Å². The van der Waals surface area contributed by atoms with Crippen LogP contribution in [0.4, 0.5) is 4.39 Å². The number of nitrogens with zero attached hydrogens (tertiary/aromatic N) is 2. The number of hydrogen-bond acceptors (Lipinski definition) is 4. The molecule has 1 aromatic carbocycles. The molecule has 0 aliphatic rings. The highest BCUT2D eigenvalue weighted by molar-refractivity contribution is 5.93. The Bertz CT molecular complexity index is 1330. The molecule has 0 atom stereocenters. The van der Waals surface area contributed by atoms with E-state index >= 15 is 0 Å². The average Bonchev–Trinajstić information content (AvgIpc) is 2.83. The predicted molar refractivity (Wildman–Crippen MR) is 123 cm³/mol. The summed E-state index contributed by atoms with van der Waals surface area (Å²) in [5, 5.41) is 2.70. The third-order valence-electron chi connectivity index (χ3n) is 5.35. The molecule has 0 spiro atoms. The molecule has 3 heterocycles. The van der Waals surface area contributed by atoms with Gasteiger partial charge in [-0.05, 0) is 53.8 Å². The number of aromatic amines is 1. The van der Waals surface area contributed by atoms with Gasteiger partial charge in [0.05, 0.1) is 17.8 Å². The zero-order valence-electron chi connectivity index (χ0n) is 18.1. The fraction of sp³-hybridized carbons (Fsp3) is 0.154. The van der Waals surface area contributed by atoms with Crippen LogP contribution in [0.25, 0.3) is 0 Å². The van der Waals surface area contributed by atoms with Crippen molar-refractivity contribution in [2.45, 2.75) is 26.3 Å². The Morgan fingerprint density at radius 2 is 1.79 bits per heavy atom. The topological polar surface area (TPSA) is 87.7 Å². The molecule has 3 aromatic heterocycles. The van der Waals surface area contributed by atoms with Crippen molar-refractivity contribution >= 4 is 5.91 Å². The van der Waals surface area contributed by atoms with Crippen molar-refractivity contribution in [3.8, 4) is 0 Å². The number of H-pyrrole nitrogens is 1. The number of aryl methyl sites for hydroxylation is 1. The van der Waals surface area contributed by atoms with Crippen molar-refractivity contribution in [2.24, 2.45) is 0 Å². The minimum absolute atomic E-state index is 0.00227. The maximum Gasteiger partial charge on any atom is 0.253 e. The third-order valence-corrected chi connectivity index (χ3v) is 5.35. The fourth-order valence-electron chi connectivity index (χ4n) is 3.52. The predicted octanol–water partition coefficient (Wildman–Crippen LogP) is 3.72. The summed E-state index contributed by atoms with van der Waals surface area (Å²) in [5.74, 6) is -0.750. The van der Waals surface area contributed by atoms with Gasteiger partial charge in [-0.3, -0.25) is 19.6 Å². The highest BCUT2D eigenvalue weighted by Gasteiger charge is 2.11. The van der Waals surface area contributed by atoms with Gasteiger partial charge in [-0.1, -0.05) is 30.3 Å². The number of amides is 1. The van der Waals surface area contributed by atoms with Crippen molar-refractivity contribution in [3.63, 3.8) is 0 Å². The largest absolute Gasteiger partial charge is 0.346 e. The molecule has 0 saturated heterocycles. The molecular weight excluding hydrogens is 419 g/mol. The summed E-state index contributed by atoms with van der Waals surface area (Å²) in [6, 6.07) is 15.0. The second-order valence-electron chi connectivity index (χ2n) is 7.85. The normalized spacial score (nSPS) is 10.7. The number of halogens is 1. The van der Waals surface area contributed by atoms with E-state index < -0.39 is 5.82 Å². The highest BCUT2D eigenvalue weighted by Crippen LogP contribution is 2.14. The van der Waals surface area contributed by atoms with Crippen LogP contribution >= 0.6 is 0 Å². The van der Waals surface area contributed by atoms with Gasteiger partial charge in [0.2, 0.25) is 0 Å². The van der Waals surface area contributed by atoms with Crippen molar-refractivity contribution in [1.29, 1.82) is 0 Å². The maximum absolute atomic E-state index is 14.1. The number of rotatable bonds is 7. The minimum Gasteiger partial charge on any atom is -0.346 e. The molecule has 0 saturated carbocycles. The van der Waals surface area contributed by atoms with Crippen molar-refractivity contribution in [3.05, 3.63) is 129 Å². The molecule has 33 heavy (non-hydrogen) atoms. The minimum atomic E-state index is -0.412. The molecule has 4 aromatic rings. The van der Waals surface area contributed by atoms with E-state index in [4.69, 9.17) is 0 Å². The van der Waals surface area contributed by atoms with Crippen LogP contribution in [0.3, 0.4) is 0 Å². The Balaban J connectivity index is 1.39. The van der Waals surface area contributed by atoms with Crippen LogP contribution in [0.5, 0.6) is 0 Å². The molecule has 0 aliphatic heterocycles. The van der Waals surface area contributed by atoms with E-state index in [1.807, 2.05) is 36.4 Å². The summed E-state index contributed by atoms with van der Waals surface area (Å²) >= 11 is 0. The number of pyridine rings is 3. The summed E-state index contributed by atoms with van der Waals surface area (Å²) in [4.78, 5) is 35.3. The SMILES string of the molecule is Cc1ccnc(CNC(=O)c2cncc(Cc3ccc(Cc4ccc[nH]c4=O)cc3)c2)c1F. The summed E-state index contributed by atoms with van der Waals surface area (Å²) < 4.78 is 14.1. The number of aromatic nitrogens is 3. The first-order valence-corrected chi connectivity index (χ1v) is 10.6. The lowest BCUT2D eigenvalue weighted by Crippen LogP contribution is -2.24. The van der Waals surface area contributed by atoms with Gasteiger partial charge in [0.1, 0.15) is 5.82 Å². The second kappa shape index (κ2) is 9.99. The molecule has 1 amide bonds. The van der Waals surface area contributed by atoms with Gasteiger partial charge < -0.3 is 10.3 Å². The van der Waals surface area contributed by atoms with Crippen molar-refractivity contribution < 1.29 is 9.18 Å². The maximum atomic E-state index is 14.1. The number of benzene rings is 1. The Morgan fingerprint density at radius 3 is 2.55 bits per heavy atom. The first kappa shape index (κ1) is 22.1. The lowest BCUT2D eigenvalue weighted by atomic mass is 10.0. The monoisotopic (exact) mass is 442 g/mol. The Labute approximate surface area is 190 Å². The Hall–Kier alpha value is -4.13. The molecule has 166 valence electrons. The molecule has 6 nitrogen and oxygen atoms in total. The lowest BCUT2D eigenvalue weighted by molar-refractivity contribution is 0.0949. The van der Waals surface area contributed by atoms with E-state index in [2.05, 4.69) is 20.3 Å². The third kappa shape index (κ3) is 5.57. The smallest absolute Gasteiger partial charge is 0.253 e. The Kier molecular flexibility index (Phi) is 6.69. The van der Waals surface area contributed by atoms with Crippen molar-refractivity contribution in [2.75, 3.05) is 0 Å². The van der Waals surface area contributed by atoms with Gasteiger partial charge >= 0.3 is 0 Å². The van der Waals surface area contributed by atoms with Crippen LogP contribution in [-0.2, 0) is 19.4 Å². The average molecular weight is 442 g/mol. The molecule has 0 fully saturated rings. The van der Waals surface area contributed by atoms with Gasteiger partial charge in [0.15, 0.2) is 0 Å². The zero-order valence-corrected chi connectivity index (χ0v) is 18.1. The second-order valence-corrected chi connectivity index (χ2v) is 7.85. The van der Waals surface area contributed by atoms with Gasteiger partial charge in [-0.2, -0.15) is 0 Å². The van der Waals surface area contributed by atoms with Gasteiger partial charge in [-0.15, -0.1) is 0 Å².